The van der Waals surface area contributed by atoms with Crippen LogP contribution in [-0.4, -0.2) is 33.1 Å². The molecule has 0 saturated carbocycles. The summed E-state index contributed by atoms with van der Waals surface area (Å²) in [5.74, 6) is -0.0612. The molecule has 0 fully saturated rings. The molecule has 2 aromatic carbocycles. The molecule has 3 N–H and O–H groups in total. The van der Waals surface area contributed by atoms with Crippen molar-refractivity contribution in [2.24, 2.45) is 0 Å². The number of rotatable bonds is 3. The Kier molecular flexibility index (Phi) is 5.53. The molecule has 8 nitrogen and oxygen atoms in total. The Labute approximate surface area is 182 Å². The highest BCUT2D eigenvalue weighted by Gasteiger charge is 2.34. The molecule has 0 saturated heterocycles. The van der Waals surface area contributed by atoms with E-state index >= 15 is 0 Å². The topological polar surface area (TPSA) is 108 Å². The second-order valence-electron chi connectivity index (χ2n) is 6.88. The Morgan fingerprint density at radius 2 is 1.91 bits per heavy atom. The minimum atomic E-state index is -4.51. The first-order valence-corrected chi connectivity index (χ1v) is 10.8. The Hall–Kier alpha value is -3.22. The maximum absolute atomic E-state index is 12.9. The van der Waals surface area contributed by atoms with Gasteiger partial charge in [0.15, 0.2) is 11.6 Å². The standard InChI is InChI=1S/C20H18F3N3O5S/c1-12-24-16(11-31-12)19(27)25-14-4-7-17-18(10-14)32(28,29)26(8-9-30-17)15-5-2-13(3-6-15)20(21,22)23/h2-7,10-11,28-29H,8-9H2,1H3,(H,25,27). The fourth-order valence-electron chi connectivity index (χ4n) is 3.16. The van der Waals surface area contributed by atoms with Crippen molar-refractivity contribution in [3.8, 4) is 5.75 Å². The highest BCUT2D eigenvalue weighted by Crippen LogP contribution is 2.58. The number of anilines is 2. The van der Waals surface area contributed by atoms with Gasteiger partial charge in [0, 0.05) is 12.6 Å². The third-order valence-electron chi connectivity index (χ3n) is 4.69. The minimum absolute atomic E-state index is 0.0102. The zero-order chi connectivity index (χ0) is 23.1. The van der Waals surface area contributed by atoms with Gasteiger partial charge in [0.25, 0.3) is 5.91 Å². The molecule has 170 valence electrons. The molecule has 0 unspecified atom stereocenters. The number of halogens is 3. The van der Waals surface area contributed by atoms with E-state index in [0.29, 0.717) is 5.89 Å². The van der Waals surface area contributed by atoms with Crippen molar-refractivity contribution >= 4 is 28.1 Å². The second kappa shape index (κ2) is 8.04. The predicted molar refractivity (Wildman–Crippen MR) is 111 cm³/mol. The van der Waals surface area contributed by atoms with E-state index in [1.54, 1.807) is 6.92 Å². The first kappa shape index (κ1) is 22.0. The van der Waals surface area contributed by atoms with E-state index < -0.39 is 28.4 Å². The number of fused-ring (bicyclic) bond motifs is 1. The number of carbonyl (C=O) groups is 1. The minimum Gasteiger partial charge on any atom is -0.490 e. The quantitative estimate of drug-likeness (QED) is 0.485. The maximum atomic E-state index is 12.9. The zero-order valence-corrected chi connectivity index (χ0v) is 17.4. The molecule has 32 heavy (non-hydrogen) atoms. The second-order valence-corrected chi connectivity index (χ2v) is 8.80. The Morgan fingerprint density at radius 3 is 2.53 bits per heavy atom. The third kappa shape index (κ3) is 4.24. The number of carbonyl (C=O) groups excluding carboxylic acids is 1. The lowest BCUT2D eigenvalue weighted by molar-refractivity contribution is -0.137. The number of nitrogens with zero attached hydrogens (tertiary/aromatic N) is 2. The van der Waals surface area contributed by atoms with Crippen LogP contribution in [-0.2, 0) is 6.18 Å². The van der Waals surface area contributed by atoms with Crippen molar-refractivity contribution in [1.29, 1.82) is 0 Å². The normalized spacial score (nSPS) is 16.5. The highest BCUT2D eigenvalue weighted by atomic mass is 32.3. The van der Waals surface area contributed by atoms with Gasteiger partial charge in [-0.1, -0.05) is 10.8 Å². The average molecular weight is 469 g/mol. The lowest BCUT2D eigenvalue weighted by Crippen LogP contribution is -2.29. The fourth-order valence-corrected chi connectivity index (χ4v) is 4.82. The van der Waals surface area contributed by atoms with Gasteiger partial charge in [0.05, 0.1) is 17.8 Å². The van der Waals surface area contributed by atoms with Crippen LogP contribution in [0, 0.1) is 6.92 Å². The van der Waals surface area contributed by atoms with E-state index in [9.17, 15) is 27.1 Å². The molecule has 4 rings (SSSR count). The summed E-state index contributed by atoms with van der Waals surface area (Å²) in [6, 6.07) is 8.41. The number of alkyl halides is 3. The number of aryl methyl sites for hydroxylation is 1. The van der Waals surface area contributed by atoms with Crippen molar-refractivity contribution < 1.29 is 36.2 Å². The smallest absolute Gasteiger partial charge is 0.416 e. The van der Waals surface area contributed by atoms with Crippen LogP contribution in [0.15, 0.2) is 58.0 Å². The van der Waals surface area contributed by atoms with E-state index in [1.165, 1.54) is 40.9 Å². The molecule has 1 aliphatic rings. The molecule has 0 spiro atoms. The van der Waals surface area contributed by atoms with Gasteiger partial charge in [-0.15, -0.1) is 0 Å². The molecule has 1 aliphatic heterocycles. The van der Waals surface area contributed by atoms with Gasteiger partial charge in [-0.25, -0.2) is 4.98 Å². The Balaban J connectivity index is 1.64. The van der Waals surface area contributed by atoms with E-state index in [2.05, 4.69) is 10.3 Å². The summed E-state index contributed by atoms with van der Waals surface area (Å²) < 4.78 is 72.5. The van der Waals surface area contributed by atoms with Gasteiger partial charge >= 0.3 is 6.18 Å². The van der Waals surface area contributed by atoms with Crippen LogP contribution >= 0.6 is 10.8 Å². The molecule has 0 aliphatic carbocycles. The van der Waals surface area contributed by atoms with Crippen LogP contribution in [0.1, 0.15) is 21.9 Å². The van der Waals surface area contributed by atoms with E-state index in [4.69, 9.17) is 9.15 Å². The van der Waals surface area contributed by atoms with E-state index in [-0.39, 0.29) is 40.9 Å². The molecule has 0 bridgehead atoms. The van der Waals surface area contributed by atoms with E-state index in [0.717, 1.165) is 12.1 Å². The molecule has 3 aromatic rings. The number of ether oxygens (including phenoxy) is 1. The highest BCUT2D eigenvalue weighted by molar-refractivity contribution is 8.25. The first-order chi connectivity index (χ1) is 15.1. The molecule has 2 heterocycles. The number of hydrogen-bond acceptors (Lipinski definition) is 7. The summed E-state index contributed by atoms with van der Waals surface area (Å²) in [7, 11) is -3.70. The largest absolute Gasteiger partial charge is 0.490 e. The molecule has 0 atom stereocenters. The van der Waals surface area contributed by atoms with Crippen molar-refractivity contribution in [3.63, 3.8) is 0 Å². The van der Waals surface area contributed by atoms with Gasteiger partial charge in [-0.2, -0.15) is 13.2 Å². The van der Waals surface area contributed by atoms with Crippen molar-refractivity contribution in [2.45, 2.75) is 18.0 Å². The van der Waals surface area contributed by atoms with Gasteiger partial charge < -0.3 is 14.5 Å². The Morgan fingerprint density at radius 1 is 1.19 bits per heavy atom. The molecule has 12 heteroatoms. The van der Waals surface area contributed by atoms with Crippen molar-refractivity contribution in [3.05, 3.63) is 65.9 Å². The van der Waals surface area contributed by atoms with Gasteiger partial charge in [-0.3, -0.25) is 18.2 Å². The van der Waals surface area contributed by atoms with Crippen LogP contribution in [0.25, 0.3) is 0 Å². The Bertz CT molecular complexity index is 1150. The van der Waals surface area contributed by atoms with Crippen LogP contribution < -0.4 is 14.4 Å². The summed E-state index contributed by atoms with van der Waals surface area (Å²) in [4.78, 5) is 16.3. The van der Waals surface area contributed by atoms with Crippen molar-refractivity contribution in [2.75, 3.05) is 22.8 Å². The summed E-state index contributed by atoms with van der Waals surface area (Å²) in [5, 5.41) is 2.59. The summed E-state index contributed by atoms with van der Waals surface area (Å²) in [5.41, 5.74) is -0.377. The van der Waals surface area contributed by atoms with Crippen LogP contribution in [0.5, 0.6) is 5.75 Å². The number of amides is 1. The number of oxazole rings is 1. The summed E-state index contributed by atoms with van der Waals surface area (Å²) in [6.45, 7) is 1.66. The summed E-state index contributed by atoms with van der Waals surface area (Å²) >= 11 is 0. The fraction of sp³-hybridized carbons (Fsp3) is 0.200. The van der Waals surface area contributed by atoms with Gasteiger partial charge in [0.2, 0.25) is 0 Å². The average Bonchev–Trinajstić information content (AvgIpc) is 3.12. The molecule has 1 aromatic heterocycles. The van der Waals surface area contributed by atoms with Crippen LogP contribution in [0.2, 0.25) is 0 Å². The van der Waals surface area contributed by atoms with Gasteiger partial charge in [-0.05, 0) is 42.5 Å². The lowest BCUT2D eigenvalue weighted by Gasteiger charge is -2.42. The van der Waals surface area contributed by atoms with Crippen molar-refractivity contribution in [1.82, 2.24) is 4.98 Å². The maximum Gasteiger partial charge on any atom is 0.416 e. The zero-order valence-electron chi connectivity index (χ0n) is 16.6. The van der Waals surface area contributed by atoms with E-state index in [1.807, 2.05) is 0 Å². The summed E-state index contributed by atoms with van der Waals surface area (Å²) in [6.07, 6.45) is -3.32. The number of hydrogen-bond donors (Lipinski definition) is 3. The van der Waals surface area contributed by atoms with Crippen LogP contribution in [0.4, 0.5) is 24.5 Å². The molecular weight excluding hydrogens is 451 g/mol. The molecule has 0 radical (unpaired) electrons. The number of benzene rings is 2. The predicted octanol–water partition coefficient (Wildman–Crippen LogP) is 5.18. The number of nitrogens with one attached hydrogen (secondary N) is 1. The SMILES string of the molecule is Cc1nc(C(=O)Nc2ccc3c(c2)S(O)(O)N(c2ccc(C(F)(F)F)cc2)CCO3)co1. The lowest BCUT2D eigenvalue weighted by atomic mass is 10.2. The van der Waals surface area contributed by atoms with Gasteiger partial charge in [0.1, 0.15) is 23.5 Å². The number of aromatic nitrogens is 1. The molecule has 1 amide bonds. The monoisotopic (exact) mass is 469 g/mol. The first-order valence-electron chi connectivity index (χ1n) is 9.29. The van der Waals surface area contributed by atoms with Crippen LogP contribution in [0.3, 0.4) is 0 Å². The third-order valence-corrected chi connectivity index (χ3v) is 6.61. The molecular formula is C20H18F3N3O5S.